The largest absolute Gasteiger partial charge is 0.462 e. The predicted molar refractivity (Wildman–Crippen MR) is 109 cm³/mol. The van der Waals surface area contributed by atoms with Crippen LogP contribution < -0.4 is 10.7 Å². The van der Waals surface area contributed by atoms with Gasteiger partial charge in [-0.25, -0.2) is 10.2 Å². The fourth-order valence-corrected chi connectivity index (χ4v) is 4.54. The van der Waals surface area contributed by atoms with Gasteiger partial charge < -0.3 is 14.5 Å². The van der Waals surface area contributed by atoms with Crippen molar-refractivity contribution in [2.45, 2.75) is 40.0 Å². The number of rotatable bonds is 5. The highest BCUT2D eigenvalue weighted by atomic mass is 32.1. The van der Waals surface area contributed by atoms with Crippen molar-refractivity contribution >= 4 is 40.3 Å². The molecule has 9 heteroatoms. The fourth-order valence-electron chi connectivity index (χ4n) is 3.15. The van der Waals surface area contributed by atoms with Crippen molar-refractivity contribution in [1.82, 2.24) is 5.43 Å². The molecule has 1 atom stereocenters. The van der Waals surface area contributed by atoms with Gasteiger partial charge in [-0.1, -0.05) is 6.92 Å². The maximum absolute atomic E-state index is 12.5. The smallest absolute Gasteiger partial charge is 0.341 e. The van der Waals surface area contributed by atoms with Gasteiger partial charge in [0.15, 0.2) is 0 Å². The van der Waals surface area contributed by atoms with Crippen LogP contribution in [0, 0.1) is 12.8 Å². The molecule has 8 nitrogen and oxygen atoms in total. The number of furan rings is 1. The summed E-state index contributed by atoms with van der Waals surface area (Å²) in [6.07, 6.45) is 3.84. The zero-order valence-corrected chi connectivity index (χ0v) is 17.4. The Balaban J connectivity index is 1.72. The maximum atomic E-state index is 12.5. The summed E-state index contributed by atoms with van der Waals surface area (Å²) >= 11 is 1.32. The highest BCUT2D eigenvalue weighted by Crippen LogP contribution is 2.40. The van der Waals surface area contributed by atoms with Crippen LogP contribution in [0.2, 0.25) is 0 Å². The molecule has 0 fully saturated rings. The molecule has 2 aromatic heterocycles. The average Bonchev–Trinajstić information content (AvgIpc) is 3.24. The first kappa shape index (κ1) is 20.8. The number of fused-ring (bicyclic) bond motifs is 1. The number of carbonyl (C=O) groups is 3. The molecule has 1 unspecified atom stereocenters. The lowest BCUT2D eigenvalue weighted by Gasteiger charge is -2.18. The highest BCUT2D eigenvalue weighted by molar-refractivity contribution is 7.17. The molecule has 1 aliphatic rings. The van der Waals surface area contributed by atoms with E-state index in [4.69, 9.17) is 9.15 Å². The third kappa shape index (κ3) is 4.92. The summed E-state index contributed by atoms with van der Waals surface area (Å²) in [7, 11) is 0. The van der Waals surface area contributed by atoms with E-state index in [9.17, 15) is 14.4 Å². The monoisotopic (exact) mass is 417 g/mol. The van der Waals surface area contributed by atoms with Crippen molar-refractivity contribution in [3.63, 3.8) is 0 Å². The second kappa shape index (κ2) is 9.04. The van der Waals surface area contributed by atoms with Gasteiger partial charge >= 0.3 is 17.8 Å². The van der Waals surface area contributed by atoms with E-state index in [1.54, 1.807) is 26.0 Å². The molecule has 0 spiro atoms. The zero-order valence-electron chi connectivity index (χ0n) is 16.5. The summed E-state index contributed by atoms with van der Waals surface area (Å²) < 4.78 is 10.5. The SMILES string of the molecule is CCOC(=O)c1c(NC(=O)C(=O)N/N=C/c2ccc(C)o2)sc2c1CCC(C)C2. The topological polar surface area (TPSA) is 110 Å². The number of nitrogens with zero attached hydrogens (tertiary/aromatic N) is 1. The molecule has 3 rings (SSSR count). The molecule has 154 valence electrons. The fraction of sp³-hybridized carbons (Fsp3) is 0.400. The number of hydrazone groups is 1. The quantitative estimate of drug-likeness (QED) is 0.336. The summed E-state index contributed by atoms with van der Waals surface area (Å²) in [6.45, 7) is 5.89. The predicted octanol–water partition coefficient (Wildman–Crippen LogP) is 3.04. The van der Waals surface area contributed by atoms with E-state index in [0.717, 1.165) is 29.7 Å². The molecule has 2 heterocycles. The second-order valence-corrected chi connectivity index (χ2v) is 7.98. The number of carbonyl (C=O) groups excluding carboxylic acids is 3. The van der Waals surface area contributed by atoms with Crippen LogP contribution >= 0.6 is 11.3 Å². The van der Waals surface area contributed by atoms with Crippen LogP contribution in [-0.2, 0) is 27.2 Å². The van der Waals surface area contributed by atoms with E-state index in [1.807, 2.05) is 0 Å². The Morgan fingerprint density at radius 3 is 2.83 bits per heavy atom. The number of ether oxygens (including phenoxy) is 1. The Hall–Kier alpha value is -2.94. The number of aryl methyl sites for hydroxylation is 1. The van der Waals surface area contributed by atoms with Crippen LogP contribution in [0.1, 0.15) is 52.6 Å². The molecule has 1 aliphatic carbocycles. The Bertz CT molecular complexity index is 959. The third-order valence-corrected chi connectivity index (χ3v) is 5.71. The maximum Gasteiger partial charge on any atom is 0.341 e. The van der Waals surface area contributed by atoms with Gasteiger partial charge in [-0.15, -0.1) is 11.3 Å². The van der Waals surface area contributed by atoms with Gasteiger partial charge in [0.2, 0.25) is 0 Å². The molecule has 2 amide bonds. The van der Waals surface area contributed by atoms with E-state index in [-0.39, 0.29) is 6.61 Å². The Labute approximate surface area is 172 Å². The minimum atomic E-state index is -0.945. The van der Waals surface area contributed by atoms with Crippen LogP contribution in [0.4, 0.5) is 5.00 Å². The molecular weight excluding hydrogens is 394 g/mol. The third-order valence-electron chi connectivity index (χ3n) is 4.54. The summed E-state index contributed by atoms with van der Waals surface area (Å²) in [5.74, 6) is -0.677. The minimum absolute atomic E-state index is 0.231. The van der Waals surface area contributed by atoms with Gasteiger partial charge in [-0.2, -0.15) is 5.10 Å². The van der Waals surface area contributed by atoms with Gasteiger partial charge in [-0.05, 0) is 56.7 Å². The number of thiophene rings is 1. The van der Waals surface area contributed by atoms with Crippen molar-refractivity contribution in [2.75, 3.05) is 11.9 Å². The van der Waals surface area contributed by atoms with E-state index in [0.29, 0.717) is 28.0 Å². The Morgan fingerprint density at radius 2 is 2.14 bits per heavy atom. The molecule has 0 saturated carbocycles. The van der Waals surface area contributed by atoms with Crippen molar-refractivity contribution in [2.24, 2.45) is 11.0 Å². The normalized spacial score (nSPS) is 15.8. The highest BCUT2D eigenvalue weighted by Gasteiger charge is 2.30. The standard InChI is InChI=1S/C20H23N3O5S/c1-4-27-20(26)16-14-8-5-11(2)9-15(14)29-19(16)22-17(24)18(25)23-21-10-13-7-6-12(3)28-13/h6-7,10-11H,4-5,8-9H2,1-3H3,(H,22,24)(H,23,25)/b21-10+. The van der Waals surface area contributed by atoms with Crippen molar-refractivity contribution in [3.8, 4) is 0 Å². The van der Waals surface area contributed by atoms with Gasteiger partial charge in [0, 0.05) is 4.88 Å². The van der Waals surface area contributed by atoms with Crippen LogP contribution in [-0.4, -0.2) is 30.6 Å². The number of amides is 2. The molecule has 2 N–H and O–H groups in total. The number of hydrogen-bond acceptors (Lipinski definition) is 7. The van der Waals surface area contributed by atoms with Crippen LogP contribution in [0.5, 0.6) is 0 Å². The van der Waals surface area contributed by atoms with Crippen molar-refractivity contribution in [3.05, 3.63) is 39.7 Å². The molecule has 0 aliphatic heterocycles. The number of hydrogen-bond donors (Lipinski definition) is 2. The van der Waals surface area contributed by atoms with Crippen molar-refractivity contribution in [1.29, 1.82) is 0 Å². The van der Waals surface area contributed by atoms with Crippen LogP contribution in [0.25, 0.3) is 0 Å². The summed E-state index contributed by atoms with van der Waals surface area (Å²) in [4.78, 5) is 37.9. The number of esters is 1. The van der Waals surface area contributed by atoms with Gasteiger partial charge in [-0.3, -0.25) is 9.59 Å². The zero-order chi connectivity index (χ0) is 21.0. The van der Waals surface area contributed by atoms with Crippen molar-refractivity contribution < 1.29 is 23.5 Å². The molecule has 29 heavy (non-hydrogen) atoms. The van der Waals surface area contributed by atoms with E-state index < -0.39 is 17.8 Å². The molecule has 0 aromatic carbocycles. The number of anilines is 1. The number of nitrogens with one attached hydrogen (secondary N) is 2. The first-order valence-electron chi connectivity index (χ1n) is 9.41. The summed E-state index contributed by atoms with van der Waals surface area (Å²) in [6, 6.07) is 3.44. The van der Waals surface area contributed by atoms with E-state index in [1.165, 1.54) is 17.6 Å². The Morgan fingerprint density at radius 1 is 1.34 bits per heavy atom. The van der Waals surface area contributed by atoms with Gasteiger partial charge in [0.1, 0.15) is 16.5 Å². The lowest BCUT2D eigenvalue weighted by atomic mass is 9.88. The lowest BCUT2D eigenvalue weighted by molar-refractivity contribution is -0.136. The van der Waals surface area contributed by atoms with E-state index in [2.05, 4.69) is 22.8 Å². The second-order valence-electron chi connectivity index (χ2n) is 6.88. The molecule has 0 radical (unpaired) electrons. The van der Waals surface area contributed by atoms with Gasteiger partial charge in [0.25, 0.3) is 0 Å². The average molecular weight is 417 g/mol. The van der Waals surface area contributed by atoms with E-state index >= 15 is 0 Å². The first-order chi connectivity index (χ1) is 13.9. The minimum Gasteiger partial charge on any atom is -0.462 e. The summed E-state index contributed by atoms with van der Waals surface area (Å²) in [5.41, 5.74) is 3.42. The van der Waals surface area contributed by atoms with Crippen LogP contribution in [0.15, 0.2) is 21.7 Å². The van der Waals surface area contributed by atoms with Gasteiger partial charge in [0.05, 0.1) is 18.4 Å². The first-order valence-corrected chi connectivity index (χ1v) is 10.2. The molecule has 0 saturated heterocycles. The van der Waals surface area contributed by atoms with Crippen LogP contribution in [0.3, 0.4) is 0 Å². The summed E-state index contributed by atoms with van der Waals surface area (Å²) in [5, 5.41) is 6.60. The molecular formula is C20H23N3O5S. The molecule has 0 bridgehead atoms. The molecule has 2 aromatic rings. The lowest BCUT2D eigenvalue weighted by Crippen LogP contribution is -2.32. The Kier molecular flexibility index (Phi) is 6.48.